The van der Waals surface area contributed by atoms with E-state index in [2.05, 4.69) is 11.6 Å². The third kappa shape index (κ3) is 9.50. The summed E-state index contributed by atoms with van der Waals surface area (Å²) in [6, 6.07) is 1.30. The highest BCUT2D eigenvalue weighted by molar-refractivity contribution is 6.21. The van der Waals surface area contributed by atoms with Crippen LogP contribution in [0.15, 0.2) is 29.1 Å². The van der Waals surface area contributed by atoms with E-state index >= 15 is 0 Å². The van der Waals surface area contributed by atoms with Gasteiger partial charge in [0.2, 0.25) is 0 Å². The minimum absolute atomic E-state index is 0.316. The molecule has 0 aliphatic rings. The second-order valence-electron chi connectivity index (χ2n) is 2.34. The molecule has 1 nitrogen and oxygen atoms in total. The van der Waals surface area contributed by atoms with Gasteiger partial charge < -0.3 is 4.63 Å². The van der Waals surface area contributed by atoms with Crippen molar-refractivity contribution in [2.24, 2.45) is 4.63 Å². The lowest BCUT2D eigenvalue weighted by molar-refractivity contribution is 0.881. The largest absolute Gasteiger partial charge is 0.314 e. The minimum Gasteiger partial charge on any atom is -0.314 e. The third-order valence-corrected chi connectivity index (χ3v) is 2.32. The lowest BCUT2D eigenvalue weighted by atomic mass is 10.4. The molecule has 0 aromatic heterocycles. The molecule has 0 amide bonds. The van der Waals surface area contributed by atoms with Crippen LogP contribution in [0, 0.1) is 0 Å². The summed E-state index contributed by atoms with van der Waals surface area (Å²) < 4.78 is 4.30. The maximum atomic E-state index is 4.30. The van der Waals surface area contributed by atoms with E-state index in [9.17, 15) is 0 Å². The Bertz CT molecular complexity index is 148. The summed E-state index contributed by atoms with van der Waals surface area (Å²) in [5.41, 5.74) is 0. The smallest absolute Gasteiger partial charge is 0.112 e. The van der Waals surface area contributed by atoms with E-state index in [0.29, 0.717) is 9.31 Å². The van der Waals surface area contributed by atoms with Crippen molar-refractivity contribution in [2.45, 2.75) is 32.7 Å². The zero-order valence-electron chi connectivity index (χ0n) is 7.46. The second-order valence-corrected chi connectivity index (χ2v) is 3.58. The highest BCUT2D eigenvalue weighted by Gasteiger charge is 1.76. The Morgan fingerprint density at radius 3 is 2.82 bits per heavy atom. The molecule has 0 N–H and O–H groups in total. The van der Waals surface area contributed by atoms with Crippen molar-refractivity contribution < 1.29 is 0 Å². The van der Waals surface area contributed by atoms with E-state index in [4.69, 9.17) is 0 Å². The fourth-order valence-electron chi connectivity index (χ4n) is 0.641. The third-order valence-electron chi connectivity index (χ3n) is 1.27. The first-order valence-electron chi connectivity index (χ1n) is 4.21. The highest BCUT2D eigenvalue weighted by atomic mass is 28.2. The average molecular weight is 167 g/mol. The Morgan fingerprint density at radius 2 is 2.18 bits per heavy atom. The molecule has 62 valence electrons. The van der Waals surface area contributed by atoms with E-state index in [0.717, 1.165) is 0 Å². The lowest BCUT2D eigenvalue weighted by Gasteiger charge is -1.83. The van der Waals surface area contributed by atoms with Gasteiger partial charge in [0.1, 0.15) is 9.31 Å². The minimum atomic E-state index is 0.316. The Labute approximate surface area is 71.8 Å². The molecule has 0 aliphatic carbocycles. The molecule has 0 aliphatic heterocycles. The van der Waals surface area contributed by atoms with Gasteiger partial charge in [-0.15, -0.1) is 0 Å². The van der Waals surface area contributed by atoms with Crippen molar-refractivity contribution in [1.29, 1.82) is 0 Å². The van der Waals surface area contributed by atoms with E-state index in [1.165, 1.54) is 18.9 Å². The van der Waals surface area contributed by atoms with E-state index < -0.39 is 0 Å². The van der Waals surface area contributed by atoms with Crippen LogP contribution in [-0.4, -0.2) is 9.31 Å². The summed E-state index contributed by atoms with van der Waals surface area (Å²) in [7, 11) is 0.316. The maximum Gasteiger partial charge on any atom is 0.112 e. The first-order valence-corrected chi connectivity index (χ1v) is 5.54. The monoisotopic (exact) mass is 167 g/mol. The standard InChI is InChI=1S/C9H17NSi/c1-3-5-7-8-10-11-9-6-4-2/h3,5,7-8,11H,4,6,9H2,1-2H3/b5-3-,8-7-,11-10?. The first-order chi connectivity index (χ1) is 5.41. The van der Waals surface area contributed by atoms with Gasteiger partial charge in [0.25, 0.3) is 0 Å². The molecule has 11 heavy (non-hydrogen) atoms. The van der Waals surface area contributed by atoms with Gasteiger partial charge >= 0.3 is 0 Å². The van der Waals surface area contributed by atoms with Crippen molar-refractivity contribution in [1.82, 2.24) is 0 Å². The van der Waals surface area contributed by atoms with E-state index in [-0.39, 0.29) is 0 Å². The van der Waals surface area contributed by atoms with Gasteiger partial charge in [-0.1, -0.05) is 31.9 Å². The molecule has 0 rings (SSSR count). The van der Waals surface area contributed by atoms with Crippen molar-refractivity contribution >= 4 is 9.31 Å². The van der Waals surface area contributed by atoms with Gasteiger partial charge in [0, 0.05) is 6.20 Å². The van der Waals surface area contributed by atoms with E-state index in [1.807, 2.05) is 31.4 Å². The number of nitrogens with zero attached hydrogens (tertiary/aromatic N) is 1. The van der Waals surface area contributed by atoms with Gasteiger partial charge in [-0.2, -0.15) is 0 Å². The fraction of sp³-hybridized carbons (Fsp3) is 0.556. The van der Waals surface area contributed by atoms with Gasteiger partial charge in [-0.25, -0.2) is 0 Å². The Morgan fingerprint density at radius 1 is 1.36 bits per heavy atom. The van der Waals surface area contributed by atoms with Crippen LogP contribution < -0.4 is 0 Å². The summed E-state index contributed by atoms with van der Waals surface area (Å²) in [5, 5.41) is 0. The first kappa shape index (κ1) is 10.5. The van der Waals surface area contributed by atoms with Gasteiger partial charge in [-0.3, -0.25) is 0 Å². The molecular weight excluding hydrogens is 150 g/mol. The number of hydrogen-bond acceptors (Lipinski definition) is 1. The van der Waals surface area contributed by atoms with Crippen LogP contribution in [0.4, 0.5) is 0 Å². The molecule has 0 spiro atoms. The molecule has 0 saturated carbocycles. The van der Waals surface area contributed by atoms with Gasteiger partial charge in [-0.05, 0) is 19.0 Å². The molecule has 0 aromatic rings. The quantitative estimate of drug-likeness (QED) is 0.339. The predicted octanol–water partition coefficient (Wildman–Crippen LogP) is 2.91. The summed E-state index contributed by atoms with van der Waals surface area (Å²) in [6.07, 6.45) is 10.5. The van der Waals surface area contributed by atoms with Crippen LogP contribution in [0.3, 0.4) is 0 Å². The predicted molar refractivity (Wildman–Crippen MR) is 53.2 cm³/mol. The van der Waals surface area contributed by atoms with Crippen LogP contribution in [0.25, 0.3) is 0 Å². The lowest BCUT2D eigenvalue weighted by Crippen LogP contribution is -1.73. The van der Waals surface area contributed by atoms with Crippen LogP contribution in [0.5, 0.6) is 0 Å². The Hall–Kier alpha value is -0.503. The van der Waals surface area contributed by atoms with E-state index in [1.54, 1.807) is 0 Å². The van der Waals surface area contributed by atoms with Crippen molar-refractivity contribution in [2.75, 3.05) is 0 Å². The van der Waals surface area contributed by atoms with Gasteiger partial charge in [0.05, 0.1) is 0 Å². The van der Waals surface area contributed by atoms with Crippen molar-refractivity contribution in [3.05, 3.63) is 24.4 Å². The molecular formula is C9H17NSi. The summed E-state index contributed by atoms with van der Waals surface area (Å²) in [5.74, 6) is 0. The molecule has 0 fully saturated rings. The normalized spacial score (nSPS) is 12.5. The highest BCUT2D eigenvalue weighted by Crippen LogP contribution is 1.90. The Balaban J connectivity index is 3.28. The number of hydrogen-bond donors (Lipinski definition) is 0. The molecule has 0 atom stereocenters. The maximum absolute atomic E-state index is 4.30. The van der Waals surface area contributed by atoms with Crippen LogP contribution in [-0.2, 0) is 0 Å². The zero-order valence-corrected chi connectivity index (χ0v) is 8.61. The molecule has 0 unspecified atom stereocenters. The number of allylic oxidation sites excluding steroid dienone is 3. The molecule has 2 heteroatoms. The molecule has 0 radical (unpaired) electrons. The topological polar surface area (TPSA) is 12.4 Å². The summed E-state index contributed by atoms with van der Waals surface area (Å²) >= 11 is 0. The van der Waals surface area contributed by atoms with Crippen molar-refractivity contribution in [3.8, 4) is 0 Å². The summed E-state index contributed by atoms with van der Waals surface area (Å²) in [6.45, 7) is 4.23. The average Bonchev–Trinajstić information content (AvgIpc) is 2.03. The zero-order chi connectivity index (χ0) is 8.36. The number of unbranched alkanes of at least 4 members (excludes halogenated alkanes) is 1. The molecule has 0 heterocycles. The number of rotatable bonds is 5. The molecule has 0 bridgehead atoms. The van der Waals surface area contributed by atoms with Crippen LogP contribution in [0.2, 0.25) is 6.04 Å². The SMILES string of the molecule is C/C=C\C=C/N=[SiH]CCCC. The summed E-state index contributed by atoms with van der Waals surface area (Å²) in [4.78, 5) is 0. The second kappa shape index (κ2) is 9.50. The van der Waals surface area contributed by atoms with Gasteiger partial charge in [0.15, 0.2) is 0 Å². The van der Waals surface area contributed by atoms with Crippen LogP contribution >= 0.6 is 0 Å². The Kier molecular flexibility index (Phi) is 9.06. The molecule has 0 aromatic carbocycles. The van der Waals surface area contributed by atoms with Crippen LogP contribution in [0.1, 0.15) is 26.7 Å². The molecule has 0 saturated heterocycles. The fourth-order valence-corrected chi connectivity index (χ4v) is 1.60. The van der Waals surface area contributed by atoms with Crippen molar-refractivity contribution in [3.63, 3.8) is 0 Å².